The van der Waals surface area contributed by atoms with Crippen LogP contribution in [0, 0.1) is 17.2 Å². The van der Waals surface area contributed by atoms with Gasteiger partial charge >= 0.3 is 0 Å². The molecule has 2 rings (SSSR count). The molecule has 1 aromatic carbocycles. The predicted octanol–water partition coefficient (Wildman–Crippen LogP) is 2.99. The van der Waals surface area contributed by atoms with Crippen LogP contribution in [0.5, 0.6) is 5.75 Å². The number of anilines is 1. The van der Waals surface area contributed by atoms with E-state index in [2.05, 4.69) is 11.4 Å². The lowest BCUT2D eigenvalue weighted by atomic mass is 9.88. The maximum Gasteiger partial charge on any atom is 0.223 e. The van der Waals surface area contributed by atoms with Crippen LogP contribution in [0.1, 0.15) is 51.5 Å². The summed E-state index contributed by atoms with van der Waals surface area (Å²) in [6, 6.07) is 7.19. The van der Waals surface area contributed by atoms with Gasteiger partial charge in [0, 0.05) is 5.92 Å². The number of amides is 1. The van der Waals surface area contributed by atoms with Gasteiger partial charge in [-0.25, -0.2) is 0 Å². The van der Waals surface area contributed by atoms with Gasteiger partial charge in [-0.1, -0.05) is 25.3 Å². The molecule has 1 aliphatic rings. The Labute approximate surface area is 137 Å². The molecule has 0 aromatic heterocycles. The largest absolute Gasteiger partial charge is 0.490 e. The number of nitrogen functional groups attached to an aromatic ring is 1. The van der Waals surface area contributed by atoms with Crippen molar-refractivity contribution in [1.29, 1.82) is 5.26 Å². The minimum atomic E-state index is -0.508. The first-order chi connectivity index (χ1) is 10.9. The average molecular weight is 315 g/mol. The second-order valence-electron chi connectivity index (χ2n) is 6.83. The number of rotatable bonds is 5. The normalized spacial score (nSPS) is 15.7. The molecular formula is C18H25N3O2. The zero-order chi connectivity index (χ0) is 16.9. The van der Waals surface area contributed by atoms with E-state index in [9.17, 15) is 4.79 Å². The molecule has 1 fully saturated rings. The van der Waals surface area contributed by atoms with Gasteiger partial charge < -0.3 is 15.8 Å². The second kappa shape index (κ2) is 7.36. The number of nitrogens with one attached hydrogen (secondary N) is 1. The van der Waals surface area contributed by atoms with Gasteiger partial charge in [-0.05, 0) is 38.8 Å². The number of nitriles is 1. The molecule has 0 saturated heterocycles. The minimum Gasteiger partial charge on any atom is -0.490 e. The molecule has 3 N–H and O–H groups in total. The summed E-state index contributed by atoms with van der Waals surface area (Å²) >= 11 is 0. The number of benzene rings is 1. The Hall–Kier alpha value is -2.22. The van der Waals surface area contributed by atoms with Gasteiger partial charge in [-0.2, -0.15) is 5.26 Å². The van der Waals surface area contributed by atoms with Crippen molar-refractivity contribution in [3.8, 4) is 11.8 Å². The molecule has 0 heterocycles. The van der Waals surface area contributed by atoms with E-state index < -0.39 is 5.54 Å². The highest BCUT2D eigenvalue weighted by Gasteiger charge is 2.27. The molecule has 1 saturated carbocycles. The van der Waals surface area contributed by atoms with E-state index in [1.54, 1.807) is 18.2 Å². The molecule has 5 heteroatoms. The van der Waals surface area contributed by atoms with Crippen molar-refractivity contribution in [3.63, 3.8) is 0 Å². The Kier molecular flexibility index (Phi) is 5.49. The van der Waals surface area contributed by atoms with Crippen LogP contribution in [0.15, 0.2) is 18.2 Å². The molecule has 0 unspecified atom stereocenters. The van der Waals surface area contributed by atoms with Gasteiger partial charge in [-0.3, -0.25) is 4.79 Å². The minimum absolute atomic E-state index is 0.103. The highest BCUT2D eigenvalue weighted by molar-refractivity contribution is 5.79. The molecule has 0 spiro atoms. The maximum absolute atomic E-state index is 12.4. The third-order valence-corrected chi connectivity index (χ3v) is 4.20. The van der Waals surface area contributed by atoms with Crippen molar-refractivity contribution in [1.82, 2.24) is 5.32 Å². The Morgan fingerprint density at radius 1 is 1.39 bits per heavy atom. The number of hydrogen-bond acceptors (Lipinski definition) is 4. The Bertz CT molecular complexity index is 599. The van der Waals surface area contributed by atoms with Crippen molar-refractivity contribution < 1.29 is 9.53 Å². The summed E-state index contributed by atoms with van der Waals surface area (Å²) in [6.45, 7) is 4.13. The van der Waals surface area contributed by atoms with E-state index in [1.807, 2.05) is 13.8 Å². The first kappa shape index (κ1) is 17.1. The number of carbonyl (C=O) groups excluding carboxylic acids is 1. The summed E-state index contributed by atoms with van der Waals surface area (Å²) in [5, 5.41) is 12.2. The summed E-state index contributed by atoms with van der Waals surface area (Å²) in [6.07, 6.45) is 5.42. The van der Waals surface area contributed by atoms with Crippen LogP contribution in [-0.4, -0.2) is 18.1 Å². The van der Waals surface area contributed by atoms with E-state index in [-0.39, 0.29) is 18.4 Å². The zero-order valence-electron chi connectivity index (χ0n) is 13.9. The van der Waals surface area contributed by atoms with Crippen LogP contribution >= 0.6 is 0 Å². The number of hydrogen-bond donors (Lipinski definition) is 2. The zero-order valence-corrected chi connectivity index (χ0v) is 13.9. The van der Waals surface area contributed by atoms with Crippen molar-refractivity contribution >= 4 is 11.6 Å². The second-order valence-corrected chi connectivity index (χ2v) is 6.83. The van der Waals surface area contributed by atoms with Crippen molar-refractivity contribution in [3.05, 3.63) is 23.8 Å². The smallest absolute Gasteiger partial charge is 0.223 e. The Balaban J connectivity index is 1.95. The number of nitrogens with zero attached hydrogens (tertiary/aromatic N) is 1. The van der Waals surface area contributed by atoms with Gasteiger partial charge in [0.15, 0.2) is 0 Å². The van der Waals surface area contributed by atoms with Crippen molar-refractivity contribution in [2.24, 2.45) is 5.92 Å². The summed E-state index contributed by atoms with van der Waals surface area (Å²) in [5.41, 5.74) is 6.00. The van der Waals surface area contributed by atoms with Gasteiger partial charge in [0.05, 0.1) is 11.2 Å². The van der Waals surface area contributed by atoms with Gasteiger partial charge in [0.25, 0.3) is 0 Å². The standard InChI is InChI=1S/C18H25N3O2/c1-18(2,21-17(22)13-7-4-3-5-8-13)12-23-16-10-6-9-15(20)14(16)11-19/h6,9-10,13H,3-5,7-8,12,20H2,1-2H3,(H,21,22). The first-order valence-electron chi connectivity index (χ1n) is 8.16. The van der Waals surface area contributed by atoms with Crippen LogP contribution in [0.4, 0.5) is 5.69 Å². The monoisotopic (exact) mass is 315 g/mol. The van der Waals surface area contributed by atoms with E-state index in [0.29, 0.717) is 17.0 Å². The SMILES string of the molecule is CC(C)(COc1cccc(N)c1C#N)NC(=O)C1CCCCC1. The molecule has 23 heavy (non-hydrogen) atoms. The maximum atomic E-state index is 12.4. The molecule has 0 aliphatic heterocycles. The van der Waals surface area contributed by atoms with E-state index in [0.717, 1.165) is 25.7 Å². The van der Waals surface area contributed by atoms with Crippen LogP contribution < -0.4 is 15.8 Å². The molecule has 0 bridgehead atoms. The fourth-order valence-corrected chi connectivity index (χ4v) is 2.88. The van der Waals surface area contributed by atoms with Crippen molar-refractivity contribution in [2.45, 2.75) is 51.5 Å². The molecule has 1 aliphatic carbocycles. The van der Waals surface area contributed by atoms with Crippen LogP contribution in [-0.2, 0) is 4.79 Å². The number of carbonyl (C=O) groups is 1. The molecule has 0 radical (unpaired) electrons. The lowest BCUT2D eigenvalue weighted by Crippen LogP contribution is -2.50. The lowest BCUT2D eigenvalue weighted by Gasteiger charge is -2.30. The van der Waals surface area contributed by atoms with Gasteiger partial charge in [0.2, 0.25) is 5.91 Å². The molecular weight excluding hydrogens is 290 g/mol. The third-order valence-electron chi connectivity index (χ3n) is 4.20. The van der Waals surface area contributed by atoms with Gasteiger partial charge in [-0.15, -0.1) is 0 Å². The Morgan fingerprint density at radius 2 is 2.09 bits per heavy atom. The topological polar surface area (TPSA) is 88.1 Å². The van der Waals surface area contributed by atoms with E-state index >= 15 is 0 Å². The Morgan fingerprint density at radius 3 is 2.74 bits per heavy atom. The highest BCUT2D eigenvalue weighted by Crippen LogP contribution is 2.26. The summed E-state index contributed by atoms with van der Waals surface area (Å²) in [4.78, 5) is 12.4. The molecule has 5 nitrogen and oxygen atoms in total. The molecule has 124 valence electrons. The van der Waals surface area contributed by atoms with E-state index in [4.69, 9.17) is 15.7 Å². The highest BCUT2D eigenvalue weighted by atomic mass is 16.5. The molecule has 1 amide bonds. The number of nitrogens with two attached hydrogens (primary N) is 1. The van der Waals surface area contributed by atoms with E-state index in [1.165, 1.54) is 6.42 Å². The average Bonchev–Trinajstić information content (AvgIpc) is 2.53. The van der Waals surface area contributed by atoms with Crippen LogP contribution in [0.3, 0.4) is 0 Å². The van der Waals surface area contributed by atoms with Crippen molar-refractivity contribution in [2.75, 3.05) is 12.3 Å². The fourth-order valence-electron chi connectivity index (χ4n) is 2.88. The summed E-state index contributed by atoms with van der Waals surface area (Å²) < 4.78 is 5.74. The summed E-state index contributed by atoms with van der Waals surface area (Å²) in [7, 11) is 0. The molecule has 1 aromatic rings. The lowest BCUT2D eigenvalue weighted by molar-refractivity contribution is -0.127. The van der Waals surface area contributed by atoms with Gasteiger partial charge in [0.1, 0.15) is 24.0 Å². The quantitative estimate of drug-likeness (QED) is 0.818. The predicted molar refractivity (Wildman–Crippen MR) is 89.9 cm³/mol. The molecule has 0 atom stereocenters. The third kappa shape index (κ3) is 4.62. The number of ether oxygens (including phenoxy) is 1. The fraction of sp³-hybridized carbons (Fsp3) is 0.556. The summed E-state index contributed by atoms with van der Waals surface area (Å²) in [5.74, 6) is 0.670. The van der Waals surface area contributed by atoms with Crippen LogP contribution in [0.2, 0.25) is 0 Å². The van der Waals surface area contributed by atoms with Crippen LogP contribution in [0.25, 0.3) is 0 Å². The first-order valence-corrected chi connectivity index (χ1v) is 8.16.